The van der Waals surface area contributed by atoms with Gasteiger partial charge in [-0.15, -0.1) is 0 Å². The van der Waals surface area contributed by atoms with Gasteiger partial charge in [0.05, 0.1) is 0 Å². The van der Waals surface area contributed by atoms with Crippen molar-refractivity contribution < 1.29 is 14.7 Å². The van der Waals surface area contributed by atoms with Gasteiger partial charge in [-0.2, -0.15) is 0 Å². The molecule has 2 amide bonds. The summed E-state index contributed by atoms with van der Waals surface area (Å²) in [5, 5.41) is 11.6. The van der Waals surface area contributed by atoms with E-state index in [0.717, 1.165) is 11.1 Å². The number of hydrogen-bond donors (Lipinski definition) is 2. The Morgan fingerprint density at radius 2 is 2.06 bits per heavy atom. The van der Waals surface area contributed by atoms with Gasteiger partial charge in [-0.3, -0.25) is 9.69 Å². The van der Waals surface area contributed by atoms with Crippen molar-refractivity contribution in [2.24, 2.45) is 0 Å². The Morgan fingerprint density at radius 1 is 1.33 bits per heavy atom. The van der Waals surface area contributed by atoms with E-state index in [-0.39, 0.29) is 5.91 Å². The van der Waals surface area contributed by atoms with Crippen LogP contribution >= 0.6 is 0 Å². The molecule has 18 heavy (non-hydrogen) atoms. The molecule has 0 aromatic heterocycles. The minimum atomic E-state index is -0.925. The fourth-order valence-corrected chi connectivity index (χ4v) is 1.94. The number of carbonyl (C=O) groups is 2. The monoisotopic (exact) mass is 246 g/mol. The first-order chi connectivity index (χ1) is 8.60. The van der Waals surface area contributed by atoms with Crippen LogP contribution in [0.4, 0.5) is 10.5 Å². The Labute approximate surface area is 105 Å². The maximum atomic E-state index is 11.4. The molecule has 0 atom stereocenters. The smallest absolute Gasteiger partial charge is 0.407 e. The van der Waals surface area contributed by atoms with E-state index >= 15 is 0 Å². The van der Waals surface area contributed by atoms with Crippen LogP contribution in [0.15, 0.2) is 30.4 Å². The van der Waals surface area contributed by atoms with E-state index < -0.39 is 6.09 Å². The second kappa shape index (κ2) is 4.91. The number of hydrogen-bond acceptors (Lipinski definition) is 2. The number of rotatable bonds is 2. The molecule has 94 valence electrons. The zero-order chi connectivity index (χ0) is 13.1. The number of carbonyl (C=O) groups excluding carboxylic acids is 1. The third-order valence-electron chi connectivity index (χ3n) is 2.78. The Morgan fingerprint density at radius 3 is 2.72 bits per heavy atom. The Kier molecular flexibility index (Phi) is 3.32. The lowest BCUT2D eigenvalue weighted by atomic mass is 10.1. The number of carboxylic acid groups (broad SMARTS) is 1. The van der Waals surface area contributed by atoms with Crippen LogP contribution in [0.2, 0.25) is 0 Å². The van der Waals surface area contributed by atoms with Gasteiger partial charge in [0.1, 0.15) is 0 Å². The number of amides is 2. The van der Waals surface area contributed by atoms with E-state index in [2.05, 4.69) is 5.32 Å². The average Bonchev–Trinajstić information content (AvgIpc) is 2.72. The summed E-state index contributed by atoms with van der Waals surface area (Å²) >= 11 is 0. The van der Waals surface area contributed by atoms with E-state index in [1.807, 2.05) is 12.1 Å². The molecule has 1 aliphatic rings. The van der Waals surface area contributed by atoms with E-state index in [4.69, 9.17) is 5.11 Å². The summed E-state index contributed by atoms with van der Waals surface area (Å²) in [5.41, 5.74) is 2.61. The Hall–Kier alpha value is -2.30. The van der Waals surface area contributed by atoms with Crippen molar-refractivity contribution in [2.75, 3.05) is 5.32 Å². The SMILES string of the molecule is C/C=C/C(=O)Nc1ccc2c(c1)CN(C(=O)O)C2. The van der Waals surface area contributed by atoms with Gasteiger partial charge in [-0.1, -0.05) is 12.1 Å². The molecule has 0 fully saturated rings. The topological polar surface area (TPSA) is 69.6 Å². The molecule has 1 heterocycles. The molecule has 1 aromatic carbocycles. The van der Waals surface area contributed by atoms with E-state index in [1.54, 1.807) is 19.1 Å². The minimum absolute atomic E-state index is 0.189. The Bertz CT molecular complexity index is 523. The third kappa shape index (κ3) is 2.51. The van der Waals surface area contributed by atoms with E-state index in [1.165, 1.54) is 11.0 Å². The standard InChI is InChI=1S/C13H14N2O3/c1-2-3-12(16)14-11-5-4-9-7-15(13(17)18)8-10(9)6-11/h2-6H,7-8H2,1H3,(H,14,16)(H,17,18)/b3-2+. The normalized spacial score (nSPS) is 13.7. The van der Waals surface area contributed by atoms with Gasteiger partial charge in [-0.25, -0.2) is 4.79 Å². The van der Waals surface area contributed by atoms with Crippen LogP contribution < -0.4 is 5.32 Å². The van der Waals surface area contributed by atoms with Crippen LogP contribution in [0, 0.1) is 0 Å². The van der Waals surface area contributed by atoms with Crippen molar-refractivity contribution in [3.63, 3.8) is 0 Å². The first-order valence-electron chi connectivity index (χ1n) is 5.63. The van der Waals surface area contributed by atoms with Gasteiger partial charge < -0.3 is 10.4 Å². The summed E-state index contributed by atoms with van der Waals surface area (Å²) in [6, 6.07) is 5.45. The van der Waals surface area contributed by atoms with Crippen LogP contribution in [0.5, 0.6) is 0 Å². The number of anilines is 1. The van der Waals surface area contributed by atoms with Crippen molar-refractivity contribution in [1.82, 2.24) is 4.90 Å². The van der Waals surface area contributed by atoms with Crippen LogP contribution in [0.1, 0.15) is 18.1 Å². The molecule has 0 saturated carbocycles. The molecular formula is C13H14N2O3. The molecule has 0 spiro atoms. The second-order valence-corrected chi connectivity index (χ2v) is 4.11. The lowest BCUT2D eigenvalue weighted by molar-refractivity contribution is -0.111. The van der Waals surface area contributed by atoms with Crippen molar-refractivity contribution in [1.29, 1.82) is 0 Å². The molecule has 0 unspecified atom stereocenters. The number of nitrogens with zero attached hydrogens (tertiary/aromatic N) is 1. The van der Waals surface area contributed by atoms with Gasteiger partial charge in [0.25, 0.3) is 0 Å². The molecule has 0 radical (unpaired) electrons. The van der Waals surface area contributed by atoms with Crippen molar-refractivity contribution >= 4 is 17.7 Å². The molecule has 0 saturated heterocycles. The maximum Gasteiger partial charge on any atom is 0.407 e. The summed E-state index contributed by atoms with van der Waals surface area (Å²) in [6.45, 7) is 2.55. The van der Waals surface area contributed by atoms with Crippen LogP contribution in [-0.4, -0.2) is 22.0 Å². The molecule has 2 N–H and O–H groups in total. The number of benzene rings is 1. The maximum absolute atomic E-state index is 11.4. The minimum Gasteiger partial charge on any atom is -0.465 e. The molecule has 0 bridgehead atoms. The van der Waals surface area contributed by atoms with Gasteiger partial charge in [-0.05, 0) is 36.3 Å². The number of fused-ring (bicyclic) bond motifs is 1. The van der Waals surface area contributed by atoms with Gasteiger partial charge in [0.2, 0.25) is 5.91 Å². The average molecular weight is 246 g/mol. The lowest BCUT2D eigenvalue weighted by Crippen LogP contribution is -2.22. The quantitative estimate of drug-likeness (QED) is 0.786. The first kappa shape index (κ1) is 12.2. The highest BCUT2D eigenvalue weighted by atomic mass is 16.4. The second-order valence-electron chi connectivity index (χ2n) is 4.11. The zero-order valence-electron chi connectivity index (χ0n) is 10.0. The summed E-state index contributed by atoms with van der Waals surface area (Å²) in [5.74, 6) is -0.189. The van der Waals surface area contributed by atoms with Crippen molar-refractivity contribution in [3.05, 3.63) is 41.5 Å². The molecule has 1 aliphatic heterocycles. The summed E-state index contributed by atoms with van der Waals surface area (Å²) in [6.07, 6.45) is 2.18. The molecule has 5 nitrogen and oxygen atoms in total. The van der Waals surface area contributed by atoms with Crippen molar-refractivity contribution in [2.45, 2.75) is 20.0 Å². The third-order valence-corrected chi connectivity index (χ3v) is 2.78. The first-order valence-corrected chi connectivity index (χ1v) is 5.63. The largest absolute Gasteiger partial charge is 0.465 e. The highest BCUT2D eigenvalue weighted by molar-refractivity contribution is 5.99. The molecular weight excluding hydrogens is 232 g/mol. The van der Waals surface area contributed by atoms with Crippen LogP contribution in [-0.2, 0) is 17.9 Å². The highest BCUT2D eigenvalue weighted by Gasteiger charge is 2.22. The number of nitrogens with one attached hydrogen (secondary N) is 1. The predicted molar refractivity (Wildman–Crippen MR) is 67.2 cm³/mol. The fourth-order valence-electron chi connectivity index (χ4n) is 1.94. The predicted octanol–water partition coefficient (Wildman–Crippen LogP) is 2.19. The fraction of sp³-hybridized carbons (Fsp3) is 0.231. The molecule has 0 aliphatic carbocycles. The van der Waals surface area contributed by atoms with E-state index in [9.17, 15) is 9.59 Å². The van der Waals surface area contributed by atoms with E-state index in [0.29, 0.717) is 18.8 Å². The number of allylic oxidation sites excluding steroid dienone is 1. The zero-order valence-corrected chi connectivity index (χ0v) is 10.0. The summed E-state index contributed by atoms with van der Waals surface area (Å²) in [4.78, 5) is 23.6. The van der Waals surface area contributed by atoms with Gasteiger partial charge >= 0.3 is 6.09 Å². The van der Waals surface area contributed by atoms with Crippen molar-refractivity contribution in [3.8, 4) is 0 Å². The molecule has 2 rings (SSSR count). The van der Waals surface area contributed by atoms with Crippen LogP contribution in [0.25, 0.3) is 0 Å². The summed E-state index contributed by atoms with van der Waals surface area (Å²) < 4.78 is 0. The van der Waals surface area contributed by atoms with Gasteiger partial charge in [0, 0.05) is 18.8 Å². The molecule has 1 aromatic rings. The Balaban J connectivity index is 2.13. The highest BCUT2D eigenvalue weighted by Crippen LogP contribution is 2.25. The van der Waals surface area contributed by atoms with Crippen LogP contribution in [0.3, 0.4) is 0 Å². The van der Waals surface area contributed by atoms with Gasteiger partial charge in [0.15, 0.2) is 0 Å². The lowest BCUT2D eigenvalue weighted by Gasteiger charge is -2.08. The summed E-state index contributed by atoms with van der Waals surface area (Å²) in [7, 11) is 0. The molecule has 5 heteroatoms.